The molecule has 1 aromatic carbocycles. The van der Waals surface area contributed by atoms with Crippen molar-refractivity contribution in [1.82, 2.24) is 4.98 Å². The molecule has 0 saturated heterocycles. The monoisotopic (exact) mass is 358 g/mol. The number of aromatic nitrogens is 1. The predicted molar refractivity (Wildman–Crippen MR) is 81.9 cm³/mol. The van der Waals surface area contributed by atoms with Gasteiger partial charge in [0.05, 0.1) is 0 Å². The first-order valence-corrected chi connectivity index (χ1v) is 8.39. The number of carbonyl (C=O) groups is 2. The topological polar surface area (TPSA) is 127 Å². The molecule has 0 aliphatic carbocycles. The Kier molecular flexibility index (Phi) is 5.02. The third-order valence-corrected chi connectivity index (χ3v) is 4.23. The summed E-state index contributed by atoms with van der Waals surface area (Å²) in [5, 5.41) is 11.2. The van der Waals surface area contributed by atoms with Crippen LogP contribution in [0, 0.1) is 0 Å². The van der Waals surface area contributed by atoms with Gasteiger partial charge in [-0.25, -0.2) is 8.42 Å². The Hall–Kier alpha value is -2.39. The first-order chi connectivity index (χ1) is 10.7. The van der Waals surface area contributed by atoms with E-state index < -0.39 is 33.2 Å². The fraction of sp³-hybridized carbons (Fsp3) is 0.154. The first kappa shape index (κ1) is 17.0. The minimum Gasteiger partial charge on any atom is -0.480 e. The second-order valence-electron chi connectivity index (χ2n) is 4.52. The van der Waals surface area contributed by atoms with E-state index in [1.54, 1.807) is 24.3 Å². The summed E-state index contributed by atoms with van der Waals surface area (Å²) in [6.07, 6.45) is 1.28. The summed E-state index contributed by atoms with van der Waals surface area (Å²) in [5.74, 6) is -4.56. The van der Waals surface area contributed by atoms with Crippen molar-refractivity contribution < 1.29 is 27.5 Å². The van der Waals surface area contributed by atoms with Gasteiger partial charge in [-0.05, 0) is 12.1 Å². The lowest BCUT2D eigenvalue weighted by Gasteiger charge is -2.01. The molecule has 2 N–H and O–H groups in total. The van der Waals surface area contributed by atoms with E-state index in [9.17, 15) is 18.0 Å². The van der Waals surface area contributed by atoms with E-state index in [0.29, 0.717) is 16.3 Å². The fourth-order valence-electron chi connectivity index (χ4n) is 1.68. The van der Waals surface area contributed by atoms with Gasteiger partial charge < -0.3 is 9.52 Å². The van der Waals surface area contributed by atoms with Gasteiger partial charge in [-0.2, -0.15) is 4.98 Å². The molecule has 1 heterocycles. The number of sulfone groups is 1. The van der Waals surface area contributed by atoms with Crippen molar-refractivity contribution in [2.24, 2.45) is 0 Å². The zero-order valence-corrected chi connectivity index (χ0v) is 13.1. The number of hydrogen-bond acceptors (Lipinski definition) is 6. The number of carbonyl (C=O) groups excluding carboxylic acids is 1. The number of rotatable bonds is 6. The van der Waals surface area contributed by atoms with Crippen LogP contribution in [0.4, 0.5) is 6.01 Å². The molecule has 0 unspecified atom stereocenters. The summed E-state index contributed by atoms with van der Waals surface area (Å²) < 4.78 is 27.8. The number of benzene rings is 1. The van der Waals surface area contributed by atoms with Crippen LogP contribution < -0.4 is 5.32 Å². The lowest BCUT2D eigenvalue weighted by Crippen LogP contribution is -2.27. The minimum absolute atomic E-state index is 0.189. The minimum atomic E-state index is -4.05. The standard InChI is InChI=1S/C13H11ClN2O6S/c14-9-3-1-8(2-4-9)10-5-22-13(15-10)16-11(17)6-23(20,21)7-12(18)19/h1-5H,6-7H2,(H,18,19)(H,15,16,17). The van der Waals surface area contributed by atoms with Crippen LogP contribution in [0.2, 0.25) is 5.02 Å². The second kappa shape index (κ2) is 6.80. The maximum absolute atomic E-state index is 11.6. The SMILES string of the molecule is O=C(O)CS(=O)(=O)CC(=O)Nc1nc(-c2ccc(Cl)cc2)co1. The molecule has 1 amide bonds. The summed E-state index contributed by atoms with van der Waals surface area (Å²) >= 11 is 5.77. The largest absolute Gasteiger partial charge is 0.480 e. The van der Waals surface area contributed by atoms with Crippen LogP contribution in [0.3, 0.4) is 0 Å². The lowest BCUT2D eigenvalue weighted by atomic mass is 10.2. The van der Waals surface area contributed by atoms with Crippen LogP contribution in [-0.4, -0.2) is 41.9 Å². The van der Waals surface area contributed by atoms with Crippen molar-refractivity contribution in [3.05, 3.63) is 35.6 Å². The molecule has 0 radical (unpaired) electrons. The van der Waals surface area contributed by atoms with Gasteiger partial charge in [-0.1, -0.05) is 23.7 Å². The van der Waals surface area contributed by atoms with Crippen molar-refractivity contribution in [3.63, 3.8) is 0 Å². The van der Waals surface area contributed by atoms with Crippen LogP contribution in [-0.2, 0) is 19.4 Å². The molecule has 2 aromatic rings. The van der Waals surface area contributed by atoms with E-state index in [0.717, 1.165) is 0 Å². The molecule has 0 spiro atoms. The van der Waals surface area contributed by atoms with Gasteiger partial charge in [-0.3, -0.25) is 14.9 Å². The molecule has 0 saturated carbocycles. The van der Waals surface area contributed by atoms with Crippen LogP contribution in [0.1, 0.15) is 0 Å². The Morgan fingerprint density at radius 3 is 2.48 bits per heavy atom. The summed E-state index contributed by atoms with van der Waals surface area (Å²) in [4.78, 5) is 26.0. The highest BCUT2D eigenvalue weighted by Crippen LogP contribution is 2.22. The molecule has 0 fully saturated rings. The zero-order valence-electron chi connectivity index (χ0n) is 11.5. The Balaban J connectivity index is 2.03. The van der Waals surface area contributed by atoms with Gasteiger partial charge in [0.1, 0.15) is 23.5 Å². The number of hydrogen-bond donors (Lipinski definition) is 2. The predicted octanol–water partition coefficient (Wildman–Crippen LogP) is 1.43. The maximum Gasteiger partial charge on any atom is 0.318 e. The quantitative estimate of drug-likeness (QED) is 0.799. The molecule has 0 aliphatic rings. The van der Waals surface area contributed by atoms with E-state index >= 15 is 0 Å². The molecule has 1 aromatic heterocycles. The number of nitrogens with one attached hydrogen (secondary N) is 1. The van der Waals surface area contributed by atoms with E-state index in [2.05, 4.69) is 10.3 Å². The van der Waals surface area contributed by atoms with Gasteiger partial charge in [-0.15, -0.1) is 0 Å². The average Bonchev–Trinajstić information content (AvgIpc) is 2.85. The second-order valence-corrected chi connectivity index (χ2v) is 7.02. The van der Waals surface area contributed by atoms with Crippen molar-refractivity contribution >= 4 is 39.3 Å². The molecule has 23 heavy (non-hydrogen) atoms. The third-order valence-electron chi connectivity index (χ3n) is 2.58. The number of carboxylic acids is 1. The molecule has 122 valence electrons. The normalized spacial score (nSPS) is 11.2. The molecular weight excluding hydrogens is 348 g/mol. The fourth-order valence-corrected chi connectivity index (χ4v) is 2.75. The Labute approximate surface area is 136 Å². The highest BCUT2D eigenvalue weighted by atomic mass is 35.5. The van der Waals surface area contributed by atoms with E-state index in [4.69, 9.17) is 21.1 Å². The molecule has 10 heteroatoms. The molecule has 0 aliphatic heterocycles. The molecule has 0 atom stereocenters. The van der Waals surface area contributed by atoms with Crippen molar-refractivity contribution in [2.75, 3.05) is 16.8 Å². The van der Waals surface area contributed by atoms with Crippen molar-refractivity contribution in [1.29, 1.82) is 0 Å². The van der Waals surface area contributed by atoms with E-state index in [-0.39, 0.29) is 6.01 Å². The number of amides is 1. The lowest BCUT2D eigenvalue weighted by molar-refractivity contribution is -0.134. The summed E-state index contributed by atoms with van der Waals surface area (Å²) in [7, 11) is -4.05. The number of aliphatic carboxylic acids is 1. The molecule has 0 bridgehead atoms. The third kappa shape index (κ3) is 5.08. The van der Waals surface area contributed by atoms with Gasteiger partial charge in [0, 0.05) is 10.6 Å². The highest BCUT2D eigenvalue weighted by molar-refractivity contribution is 7.92. The first-order valence-electron chi connectivity index (χ1n) is 6.19. The Morgan fingerprint density at radius 1 is 1.22 bits per heavy atom. The number of anilines is 1. The van der Waals surface area contributed by atoms with Crippen LogP contribution in [0.25, 0.3) is 11.3 Å². The highest BCUT2D eigenvalue weighted by Gasteiger charge is 2.21. The Morgan fingerprint density at radius 2 is 1.87 bits per heavy atom. The average molecular weight is 359 g/mol. The molecular formula is C13H11ClN2O6S. The maximum atomic E-state index is 11.6. The number of oxazole rings is 1. The molecule has 8 nitrogen and oxygen atoms in total. The summed E-state index contributed by atoms with van der Waals surface area (Å²) in [6, 6.07) is 6.52. The number of nitrogens with zero attached hydrogens (tertiary/aromatic N) is 1. The van der Waals surface area contributed by atoms with Crippen molar-refractivity contribution in [3.8, 4) is 11.3 Å². The number of carboxylic acid groups (broad SMARTS) is 1. The summed E-state index contributed by atoms with van der Waals surface area (Å²) in [6.45, 7) is 0. The zero-order chi connectivity index (χ0) is 17.0. The smallest absolute Gasteiger partial charge is 0.318 e. The summed E-state index contributed by atoms with van der Waals surface area (Å²) in [5.41, 5.74) is 1.11. The van der Waals surface area contributed by atoms with Gasteiger partial charge in [0.2, 0.25) is 5.91 Å². The van der Waals surface area contributed by atoms with E-state index in [1.165, 1.54) is 6.26 Å². The number of halogens is 1. The van der Waals surface area contributed by atoms with Gasteiger partial charge in [0.15, 0.2) is 9.84 Å². The van der Waals surface area contributed by atoms with Crippen LogP contribution in [0.15, 0.2) is 34.9 Å². The van der Waals surface area contributed by atoms with E-state index in [1.807, 2.05) is 0 Å². The molecule has 2 rings (SSSR count). The van der Waals surface area contributed by atoms with Gasteiger partial charge >= 0.3 is 12.0 Å². The van der Waals surface area contributed by atoms with Crippen molar-refractivity contribution in [2.45, 2.75) is 0 Å². The van der Waals surface area contributed by atoms with Gasteiger partial charge in [0.25, 0.3) is 0 Å². The Bertz CT molecular complexity index is 828. The van der Waals surface area contributed by atoms with Crippen LogP contribution in [0.5, 0.6) is 0 Å². The van der Waals surface area contributed by atoms with Crippen LogP contribution >= 0.6 is 11.6 Å².